The van der Waals surface area contributed by atoms with Crippen molar-refractivity contribution in [1.29, 1.82) is 0 Å². The van der Waals surface area contributed by atoms with Crippen molar-refractivity contribution in [1.82, 2.24) is 4.90 Å². The second-order valence-electron chi connectivity index (χ2n) is 5.17. The molecule has 1 aliphatic heterocycles. The summed E-state index contributed by atoms with van der Waals surface area (Å²) >= 11 is 0. The van der Waals surface area contributed by atoms with Crippen LogP contribution in [0.5, 0.6) is 0 Å². The van der Waals surface area contributed by atoms with Gasteiger partial charge in [0.1, 0.15) is 0 Å². The lowest BCUT2D eigenvalue weighted by Crippen LogP contribution is -2.46. The maximum atomic E-state index is 11.9. The summed E-state index contributed by atoms with van der Waals surface area (Å²) in [5, 5.41) is 0. The van der Waals surface area contributed by atoms with Crippen molar-refractivity contribution in [3.05, 3.63) is 0 Å². The number of nitrogens with zero attached hydrogens (tertiary/aromatic N) is 1. The molecule has 0 radical (unpaired) electrons. The van der Waals surface area contributed by atoms with E-state index >= 15 is 0 Å². The van der Waals surface area contributed by atoms with Crippen LogP contribution in [0, 0.1) is 11.8 Å². The van der Waals surface area contributed by atoms with Crippen LogP contribution in [0.3, 0.4) is 0 Å². The van der Waals surface area contributed by atoms with Crippen LogP contribution in [-0.4, -0.2) is 29.9 Å². The molecule has 1 aliphatic rings. The Morgan fingerprint density at radius 2 is 2.13 bits per heavy atom. The Hall–Kier alpha value is -0.570. The van der Waals surface area contributed by atoms with Crippen LogP contribution >= 0.6 is 0 Å². The van der Waals surface area contributed by atoms with Crippen molar-refractivity contribution in [3.63, 3.8) is 0 Å². The molecule has 0 spiro atoms. The highest BCUT2D eigenvalue weighted by Crippen LogP contribution is 2.17. The molecule has 1 heterocycles. The number of hydrogen-bond donors (Lipinski definition) is 1. The second-order valence-corrected chi connectivity index (χ2v) is 5.17. The second kappa shape index (κ2) is 5.50. The predicted octanol–water partition coefficient (Wildman–Crippen LogP) is 1.62. The van der Waals surface area contributed by atoms with E-state index in [1.54, 1.807) is 0 Å². The number of carbonyl (C=O) groups is 1. The fourth-order valence-electron chi connectivity index (χ4n) is 1.88. The van der Waals surface area contributed by atoms with Crippen LogP contribution < -0.4 is 5.73 Å². The first-order chi connectivity index (χ1) is 7.00. The van der Waals surface area contributed by atoms with Crippen molar-refractivity contribution in [2.24, 2.45) is 17.6 Å². The standard InChI is InChI=1S/C12H24N2O/c1-9(2)10(3)7-12(15)14-6-4-5-11(13)8-14/h9-11H,4-8,13H2,1-3H3. The summed E-state index contributed by atoms with van der Waals surface area (Å²) in [5.41, 5.74) is 5.86. The molecule has 0 aromatic heterocycles. The van der Waals surface area contributed by atoms with Crippen molar-refractivity contribution < 1.29 is 4.79 Å². The minimum Gasteiger partial charge on any atom is -0.341 e. The number of carbonyl (C=O) groups excluding carboxylic acids is 1. The number of rotatable bonds is 3. The van der Waals surface area contributed by atoms with Crippen molar-refractivity contribution in [2.45, 2.75) is 46.1 Å². The Balaban J connectivity index is 2.39. The summed E-state index contributed by atoms with van der Waals surface area (Å²) in [6.07, 6.45) is 2.79. The van der Waals surface area contributed by atoms with Gasteiger partial charge in [0.15, 0.2) is 0 Å². The van der Waals surface area contributed by atoms with Crippen molar-refractivity contribution >= 4 is 5.91 Å². The lowest BCUT2D eigenvalue weighted by molar-refractivity contribution is -0.133. The third-order valence-corrected chi connectivity index (χ3v) is 3.45. The molecule has 2 unspecified atom stereocenters. The van der Waals surface area contributed by atoms with E-state index in [1.165, 1.54) is 0 Å². The summed E-state index contributed by atoms with van der Waals surface area (Å²) in [7, 11) is 0. The maximum Gasteiger partial charge on any atom is 0.222 e. The zero-order valence-corrected chi connectivity index (χ0v) is 10.2. The highest BCUT2D eigenvalue weighted by atomic mass is 16.2. The fraction of sp³-hybridized carbons (Fsp3) is 0.917. The Bertz CT molecular complexity index is 216. The number of likely N-dealkylation sites (tertiary alicyclic amines) is 1. The Morgan fingerprint density at radius 1 is 1.47 bits per heavy atom. The average molecular weight is 212 g/mol. The zero-order valence-electron chi connectivity index (χ0n) is 10.2. The zero-order chi connectivity index (χ0) is 11.4. The number of nitrogens with two attached hydrogens (primary N) is 1. The van der Waals surface area contributed by atoms with E-state index < -0.39 is 0 Å². The van der Waals surface area contributed by atoms with E-state index in [-0.39, 0.29) is 11.9 Å². The van der Waals surface area contributed by atoms with Gasteiger partial charge in [0.25, 0.3) is 0 Å². The van der Waals surface area contributed by atoms with Gasteiger partial charge >= 0.3 is 0 Å². The van der Waals surface area contributed by atoms with Gasteiger partial charge in [-0.05, 0) is 24.7 Å². The van der Waals surface area contributed by atoms with Gasteiger partial charge in [0.05, 0.1) is 0 Å². The van der Waals surface area contributed by atoms with Crippen LogP contribution in [0.4, 0.5) is 0 Å². The van der Waals surface area contributed by atoms with E-state index in [9.17, 15) is 4.79 Å². The SMILES string of the molecule is CC(C)C(C)CC(=O)N1CCCC(N)C1. The Kier molecular flexibility index (Phi) is 4.58. The summed E-state index contributed by atoms with van der Waals surface area (Å²) in [4.78, 5) is 13.9. The van der Waals surface area contributed by atoms with Gasteiger partial charge in [-0.3, -0.25) is 4.79 Å². The molecule has 2 N–H and O–H groups in total. The molecule has 2 atom stereocenters. The number of piperidine rings is 1. The van der Waals surface area contributed by atoms with Crippen LogP contribution in [0.25, 0.3) is 0 Å². The highest BCUT2D eigenvalue weighted by molar-refractivity contribution is 5.76. The third-order valence-electron chi connectivity index (χ3n) is 3.45. The molecule has 0 aromatic carbocycles. The molecule has 15 heavy (non-hydrogen) atoms. The van der Waals surface area contributed by atoms with Gasteiger partial charge in [-0.25, -0.2) is 0 Å². The minimum absolute atomic E-state index is 0.192. The number of hydrogen-bond acceptors (Lipinski definition) is 2. The maximum absolute atomic E-state index is 11.9. The molecule has 1 saturated heterocycles. The van der Waals surface area contributed by atoms with Gasteiger partial charge < -0.3 is 10.6 Å². The quantitative estimate of drug-likeness (QED) is 0.772. The van der Waals surface area contributed by atoms with Gasteiger partial charge in [-0.15, -0.1) is 0 Å². The van der Waals surface area contributed by atoms with Crippen LogP contribution in [0.2, 0.25) is 0 Å². The number of amides is 1. The van der Waals surface area contributed by atoms with E-state index in [0.717, 1.165) is 25.9 Å². The van der Waals surface area contributed by atoms with Crippen LogP contribution in [0.15, 0.2) is 0 Å². The van der Waals surface area contributed by atoms with E-state index in [1.807, 2.05) is 4.90 Å². The first kappa shape index (κ1) is 12.5. The van der Waals surface area contributed by atoms with Gasteiger partial charge in [0.2, 0.25) is 5.91 Å². The molecule has 0 bridgehead atoms. The first-order valence-electron chi connectivity index (χ1n) is 6.04. The molecule has 3 heteroatoms. The normalized spacial score (nSPS) is 24.3. The predicted molar refractivity (Wildman–Crippen MR) is 62.4 cm³/mol. The van der Waals surface area contributed by atoms with E-state index in [4.69, 9.17) is 5.73 Å². The average Bonchev–Trinajstić information content (AvgIpc) is 2.17. The van der Waals surface area contributed by atoms with Gasteiger partial charge in [0, 0.05) is 25.6 Å². The Labute approximate surface area is 93.0 Å². The summed E-state index contributed by atoms with van der Waals surface area (Å²) < 4.78 is 0. The molecule has 0 aliphatic carbocycles. The molecule has 1 rings (SSSR count). The monoisotopic (exact) mass is 212 g/mol. The third kappa shape index (κ3) is 3.82. The molecule has 1 fully saturated rings. The summed E-state index contributed by atoms with van der Waals surface area (Å²) in [6, 6.07) is 0.192. The minimum atomic E-state index is 0.192. The van der Waals surface area contributed by atoms with Crippen LogP contribution in [-0.2, 0) is 4.79 Å². The molecule has 0 saturated carbocycles. The van der Waals surface area contributed by atoms with Crippen molar-refractivity contribution in [3.8, 4) is 0 Å². The lowest BCUT2D eigenvalue weighted by atomic mass is 9.93. The fourth-order valence-corrected chi connectivity index (χ4v) is 1.88. The topological polar surface area (TPSA) is 46.3 Å². The largest absolute Gasteiger partial charge is 0.341 e. The molecule has 0 aromatic rings. The molecule has 88 valence electrons. The van der Waals surface area contributed by atoms with Gasteiger partial charge in [-0.1, -0.05) is 20.8 Å². The lowest BCUT2D eigenvalue weighted by Gasteiger charge is -2.32. The molecule has 1 amide bonds. The molecular formula is C12H24N2O. The summed E-state index contributed by atoms with van der Waals surface area (Å²) in [5.74, 6) is 1.33. The molecule has 3 nitrogen and oxygen atoms in total. The first-order valence-corrected chi connectivity index (χ1v) is 6.04. The summed E-state index contributed by atoms with van der Waals surface area (Å²) in [6.45, 7) is 8.13. The van der Waals surface area contributed by atoms with E-state index in [0.29, 0.717) is 18.3 Å². The van der Waals surface area contributed by atoms with Crippen molar-refractivity contribution in [2.75, 3.05) is 13.1 Å². The van der Waals surface area contributed by atoms with Gasteiger partial charge in [-0.2, -0.15) is 0 Å². The van der Waals surface area contributed by atoms with Crippen LogP contribution in [0.1, 0.15) is 40.0 Å². The smallest absolute Gasteiger partial charge is 0.222 e. The highest BCUT2D eigenvalue weighted by Gasteiger charge is 2.23. The Morgan fingerprint density at radius 3 is 2.67 bits per heavy atom. The molecular weight excluding hydrogens is 188 g/mol. The van der Waals surface area contributed by atoms with E-state index in [2.05, 4.69) is 20.8 Å².